The minimum atomic E-state index is -0.293. The molecule has 0 radical (unpaired) electrons. The Bertz CT molecular complexity index is 487. The fourth-order valence-corrected chi connectivity index (χ4v) is 2.61. The zero-order chi connectivity index (χ0) is 10.8. The van der Waals surface area contributed by atoms with Gasteiger partial charge in [0.2, 0.25) is 0 Å². The fraction of sp³-hybridized carbons (Fsp3) is 0.200. The molecule has 0 aliphatic heterocycles. The molecule has 0 saturated heterocycles. The van der Waals surface area contributed by atoms with E-state index in [1.54, 1.807) is 11.3 Å². The van der Waals surface area contributed by atoms with Crippen molar-refractivity contribution in [3.05, 3.63) is 26.7 Å². The van der Waals surface area contributed by atoms with E-state index in [2.05, 4.69) is 9.72 Å². The van der Waals surface area contributed by atoms with Gasteiger partial charge >= 0.3 is 5.97 Å². The van der Waals surface area contributed by atoms with E-state index in [1.165, 1.54) is 18.4 Å². The smallest absolute Gasteiger partial charge is 0.348 e. The van der Waals surface area contributed by atoms with E-state index >= 15 is 0 Å². The summed E-state index contributed by atoms with van der Waals surface area (Å²) in [5.41, 5.74) is 1.90. The van der Waals surface area contributed by atoms with Gasteiger partial charge in [0, 0.05) is 16.3 Å². The highest BCUT2D eigenvalue weighted by atomic mass is 32.1. The number of rotatable bonds is 2. The van der Waals surface area contributed by atoms with Crippen molar-refractivity contribution in [2.75, 3.05) is 7.11 Å². The SMILES string of the molecule is COC(=O)c1cc(-c2csc(C)n2)cs1. The van der Waals surface area contributed by atoms with Gasteiger partial charge < -0.3 is 4.74 Å². The summed E-state index contributed by atoms with van der Waals surface area (Å²) in [6.45, 7) is 1.96. The number of aromatic nitrogens is 1. The first-order valence-corrected chi connectivity index (χ1v) is 6.06. The number of carbonyl (C=O) groups excluding carboxylic acids is 1. The number of thiophene rings is 1. The normalized spacial score (nSPS) is 10.3. The van der Waals surface area contributed by atoms with Gasteiger partial charge in [0.1, 0.15) is 4.88 Å². The van der Waals surface area contributed by atoms with Crippen LogP contribution >= 0.6 is 22.7 Å². The predicted molar refractivity (Wildman–Crippen MR) is 61.5 cm³/mol. The highest BCUT2D eigenvalue weighted by molar-refractivity contribution is 7.12. The number of thiazole rings is 1. The van der Waals surface area contributed by atoms with Gasteiger partial charge in [-0.2, -0.15) is 0 Å². The van der Waals surface area contributed by atoms with E-state index in [1.807, 2.05) is 23.8 Å². The molecule has 3 nitrogen and oxygen atoms in total. The molecular formula is C10H9NO2S2. The quantitative estimate of drug-likeness (QED) is 0.756. The molecule has 15 heavy (non-hydrogen) atoms. The molecule has 0 amide bonds. The first kappa shape index (κ1) is 10.3. The fourth-order valence-electron chi connectivity index (χ4n) is 1.17. The Labute approximate surface area is 95.4 Å². The highest BCUT2D eigenvalue weighted by Crippen LogP contribution is 2.26. The lowest BCUT2D eigenvalue weighted by Crippen LogP contribution is -1.96. The van der Waals surface area contributed by atoms with Crippen molar-refractivity contribution in [2.45, 2.75) is 6.92 Å². The van der Waals surface area contributed by atoms with Gasteiger partial charge in [-0.1, -0.05) is 0 Å². The Morgan fingerprint density at radius 2 is 2.20 bits per heavy atom. The number of aryl methyl sites for hydroxylation is 1. The van der Waals surface area contributed by atoms with Gasteiger partial charge in [-0.3, -0.25) is 0 Å². The minimum Gasteiger partial charge on any atom is -0.465 e. The molecule has 0 aromatic carbocycles. The molecule has 0 fully saturated rings. The van der Waals surface area contributed by atoms with Gasteiger partial charge in [0.25, 0.3) is 0 Å². The number of esters is 1. The van der Waals surface area contributed by atoms with Crippen LogP contribution in [0.4, 0.5) is 0 Å². The minimum absolute atomic E-state index is 0.293. The Morgan fingerprint density at radius 3 is 2.80 bits per heavy atom. The average molecular weight is 239 g/mol. The van der Waals surface area contributed by atoms with Crippen LogP contribution in [0, 0.1) is 6.92 Å². The van der Waals surface area contributed by atoms with Gasteiger partial charge in [-0.25, -0.2) is 9.78 Å². The first-order valence-electron chi connectivity index (χ1n) is 4.30. The van der Waals surface area contributed by atoms with Crippen LogP contribution in [-0.2, 0) is 4.74 Å². The average Bonchev–Trinajstić information content (AvgIpc) is 2.84. The maximum Gasteiger partial charge on any atom is 0.348 e. The van der Waals surface area contributed by atoms with Crippen LogP contribution in [0.1, 0.15) is 14.7 Å². The summed E-state index contributed by atoms with van der Waals surface area (Å²) in [4.78, 5) is 16.2. The number of nitrogens with zero attached hydrogens (tertiary/aromatic N) is 1. The summed E-state index contributed by atoms with van der Waals surface area (Å²) in [5.74, 6) is -0.293. The van der Waals surface area contributed by atoms with Crippen LogP contribution in [0.15, 0.2) is 16.8 Å². The molecule has 0 spiro atoms. The molecule has 2 aromatic rings. The highest BCUT2D eigenvalue weighted by Gasteiger charge is 2.11. The summed E-state index contributed by atoms with van der Waals surface area (Å²) in [6.07, 6.45) is 0. The Balaban J connectivity index is 2.31. The van der Waals surface area contributed by atoms with Gasteiger partial charge in [-0.05, 0) is 13.0 Å². The monoisotopic (exact) mass is 239 g/mol. The van der Waals surface area contributed by atoms with Crippen LogP contribution in [0.25, 0.3) is 11.3 Å². The lowest BCUT2D eigenvalue weighted by molar-refractivity contribution is 0.0606. The van der Waals surface area contributed by atoms with Crippen LogP contribution in [-0.4, -0.2) is 18.1 Å². The Kier molecular flexibility index (Phi) is 2.83. The Hall–Kier alpha value is -1.20. The number of hydrogen-bond acceptors (Lipinski definition) is 5. The largest absolute Gasteiger partial charge is 0.465 e. The number of carbonyl (C=O) groups is 1. The third kappa shape index (κ3) is 2.08. The molecule has 0 unspecified atom stereocenters. The van der Waals surface area contributed by atoms with E-state index in [9.17, 15) is 4.79 Å². The second-order valence-electron chi connectivity index (χ2n) is 2.94. The first-order chi connectivity index (χ1) is 7.20. The molecule has 78 valence electrons. The second-order valence-corrected chi connectivity index (χ2v) is 4.92. The van der Waals surface area contributed by atoms with Crippen molar-refractivity contribution in [1.29, 1.82) is 0 Å². The van der Waals surface area contributed by atoms with Crippen LogP contribution in [0.2, 0.25) is 0 Å². The Morgan fingerprint density at radius 1 is 1.40 bits per heavy atom. The summed E-state index contributed by atoms with van der Waals surface area (Å²) >= 11 is 2.98. The maximum atomic E-state index is 11.2. The van der Waals surface area contributed by atoms with E-state index < -0.39 is 0 Å². The van der Waals surface area contributed by atoms with Crippen molar-refractivity contribution in [1.82, 2.24) is 4.98 Å². The molecule has 2 aromatic heterocycles. The predicted octanol–water partition coefficient (Wildman–Crippen LogP) is 2.97. The molecule has 5 heteroatoms. The van der Waals surface area contributed by atoms with E-state index in [0.29, 0.717) is 4.88 Å². The molecule has 2 rings (SSSR count). The summed E-state index contributed by atoms with van der Waals surface area (Å²) in [5, 5.41) is 4.93. The molecule has 0 saturated carbocycles. The van der Waals surface area contributed by atoms with Crippen molar-refractivity contribution in [2.24, 2.45) is 0 Å². The molecule has 0 N–H and O–H groups in total. The molecule has 0 aliphatic rings. The molecule has 0 atom stereocenters. The number of methoxy groups -OCH3 is 1. The van der Waals surface area contributed by atoms with Crippen LogP contribution in [0.3, 0.4) is 0 Å². The van der Waals surface area contributed by atoms with Gasteiger partial charge in [0.15, 0.2) is 0 Å². The van der Waals surface area contributed by atoms with E-state index in [-0.39, 0.29) is 5.97 Å². The van der Waals surface area contributed by atoms with E-state index in [4.69, 9.17) is 0 Å². The second kappa shape index (κ2) is 4.12. The summed E-state index contributed by atoms with van der Waals surface area (Å²) in [7, 11) is 1.38. The lowest BCUT2D eigenvalue weighted by Gasteiger charge is -1.91. The molecule has 2 heterocycles. The van der Waals surface area contributed by atoms with Crippen LogP contribution in [0.5, 0.6) is 0 Å². The number of hydrogen-bond donors (Lipinski definition) is 0. The standard InChI is InChI=1S/C10H9NO2S2/c1-6-11-8(5-14-6)7-3-9(15-4-7)10(12)13-2/h3-5H,1-2H3. The lowest BCUT2D eigenvalue weighted by atomic mass is 10.2. The van der Waals surface area contributed by atoms with Crippen molar-refractivity contribution in [3.8, 4) is 11.3 Å². The van der Waals surface area contributed by atoms with Crippen LogP contribution < -0.4 is 0 Å². The van der Waals surface area contributed by atoms with Gasteiger partial charge in [0.05, 0.1) is 17.8 Å². The maximum absolute atomic E-state index is 11.2. The van der Waals surface area contributed by atoms with Crippen molar-refractivity contribution >= 4 is 28.6 Å². The molecule has 0 aliphatic carbocycles. The van der Waals surface area contributed by atoms with Gasteiger partial charge in [-0.15, -0.1) is 22.7 Å². The number of ether oxygens (including phenoxy) is 1. The van der Waals surface area contributed by atoms with E-state index in [0.717, 1.165) is 16.3 Å². The third-order valence-electron chi connectivity index (χ3n) is 1.90. The van der Waals surface area contributed by atoms with Crippen molar-refractivity contribution < 1.29 is 9.53 Å². The third-order valence-corrected chi connectivity index (χ3v) is 3.58. The zero-order valence-electron chi connectivity index (χ0n) is 8.31. The van der Waals surface area contributed by atoms with Crippen molar-refractivity contribution in [3.63, 3.8) is 0 Å². The topological polar surface area (TPSA) is 39.2 Å². The zero-order valence-corrected chi connectivity index (χ0v) is 9.95. The molecular weight excluding hydrogens is 230 g/mol. The summed E-state index contributed by atoms with van der Waals surface area (Å²) in [6, 6.07) is 1.81. The molecule has 0 bridgehead atoms. The summed E-state index contributed by atoms with van der Waals surface area (Å²) < 4.78 is 4.64.